The summed E-state index contributed by atoms with van der Waals surface area (Å²) in [7, 11) is 0. The zero-order valence-corrected chi connectivity index (χ0v) is 12.5. The Bertz CT molecular complexity index is 560. The van der Waals surface area contributed by atoms with Crippen molar-refractivity contribution in [2.24, 2.45) is 0 Å². The van der Waals surface area contributed by atoms with E-state index in [0.717, 1.165) is 27.3 Å². The summed E-state index contributed by atoms with van der Waals surface area (Å²) >= 11 is 1.94. The highest BCUT2D eigenvalue weighted by Gasteiger charge is 2.17. The predicted molar refractivity (Wildman–Crippen MR) is 86.0 cm³/mol. The minimum atomic E-state index is -0.394. The van der Waals surface area contributed by atoms with E-state index in [1.54, 1.807) is 6.20 Å². The summed E-state index contributed by atoms with van der Waals surface area (Å²) < 4.78 is 0. The quantitative estimate of drug-likeness (QED) is 0.908. The lowest BCUT2D eigenvalue weighted by Crippen LogP contribution is -2.11. The molecule has 1 aliphatic rings. The van der Waals surface area contributed by atoms with Crippen molar-refractivity contribution in [3.8, 4) is 0 Å². The minimum absolute atomic E-state index is 0.394. The van der Waals surface area contributed by atoms with Crippen LogP contribution < -0.4 is 0 Å². The number of aliphatic hydroxyl groups excluding tert-OH is 1. The lowest BCUT2D eigenvalue weighted by Gasteiger charge is -2.22. The maximum Gasteiger partial charge on any atom is 0.0887 e. The van der Waals surface area contributed by atoms with E-state index in [4.69, 9.17) is 0 Å². The molecule has 1 atom stereocenters. The topological polar surface area (TPSA) is 33.1 Å². The molecule has 0 radical (unpaired) electrons. The van der Waals surface area contributed by atoms with E-state index in [1.807, 2.05) is 36.2 Å². The summed E-state index contributed by atoms with van der Waals surface area (Å²) in [4.78, 5) is 4.19. The predicted octanol–water partition coefficient (Wildman–Crippen LogP) is 4.33. The van der Waals surface area contributed by atoms with Gasteiger partial charge in [0.25, 0.3) is 0 Å². The molecule has 1 N–H and O–H groups in total. The third-order valence-corrected chi connectivity index (χ3v) is 5.57. The molecule has 0 amide bonds. The van der Waals surface area contributed by atoms with Gasteiger partial charge in [-0.1, -0.05) is 37.5 Å². The molecule has 2 aromatic rings. The first kappa shape index (κ1) is 13.9. The first-order chi connectivity index (χ1) is 9.84. The van der Waals surface area contributed by atoms with Crippen molar-refractivity contribution in [2.45, 2.75) is 43.5 Å². The van der Waals surface area contributed by atoms with Crippen molar-refractivity contribution >= 4 is 22.5 Å². The number of pyridine rings is 1. The van der Waals surface area contributed by atoms with Gasteiger partial charge >= 0.3 is 0 Å². The van der Waals surface area contributed by atoms with Gasteiger partial charge < -0.3 is 5.11 Å². The fraction of sp³-hybridized carbons (Fsp3) is 0.471. The fourth-order valence-electron chi connectivity index (χ4n) is 2.98. The molecule has 1 unspecified atom stereocenters. The van der Waals surface area contributed by atoms with Crippen molar-refractivity contribution in [1.82, 2.24) is 4.98 Å². The van der Waals surface area contributed by atoms with Gasteiger partial charge in [0, 0.05) is 28.8 Å². The van der Waals surface area contributed by atoms with Gasteiger partial charge in [0.15, 0.2) is 0 Å². The molecule has 1 aliphatic carbocycles. The Morgan fingerprint density at radius 2 is 2.05 bits per heavy atom. The molecular weight excluding hydrogens is 266 g/mol. The highest BCUT2D eigenvalue weighted by Crippen LogP contribution is 2.32. The van der Waals surface area contributed by atoms with Gasteiger partial charge in [-0.25, -0.2) is 0 Å². The molecular formula is C17H21NOS. The van der Waals surface area contributed by atoms with Crippen molar-refractivity contribution in [3.63, 3.8) is 0 Å². The fourth-order valence-corrected chi connectivity index (χ4v) is 4.28. The second-order valence-electron chi connectivity index (χ2n) is 5.55. The lowest BCUT2D eigenvalue weighted by molar-refractivity contribution is 0.205. The van der Waals surface area contributed by atoms with Crippen molar-refractivity contribution in [3.05, 3.63) is 42.2 Å². The molecule has 0 spiro atoms. The largest absolute Gasteiger partial charge is 0.388 e. The van der Waals surface area contributed by atoms with Crippen LogP contribution in [0.15, 0.2) is 36.7 Å². The van der Waals surface area contributed by atoms with Crippen LogP contribution in [-0.4, -0.2) is 21.1 Å². The Morgan fingerprint density at radius 3 is 2.90 bits per heavy atom. The average Bonchev–Trinajstić information content (AvgIpc) is 2.53. The van der Waals surface area contributed by atoms with E-state index in [1.165, 1.54) is 32.1 Å². The molecule has 0 aliphatic heterocycles. The second-order valence-corrected chi connectivity index (χ2v) is 6.89. The van der Waals surface area contributed by atoms with Crippen LogP contribution >= 0.6 is 11.8 Å². The molecule has 20 heavy (non-hydrogen) atoms. The van der Waals surface area contributed by atoms with Crippen LogP contribution in [0.2, 0.25) is 0 Å². The number of benzene rings is 1. The summed E-state index contributed by atoms with van der Waals surface area (Å²) in [5.74, 6) is 0.790. The van der Waals surface area contributed by atoms with Gasteiger partial charge in [0.2, 0.25) is 0 Å². The average molecular weight is 287 g/mol. The summed E-state index contributed by atoms with van der Waals surface area (Å²) in [6, 6.07) is 8.11. The van der Waals surface area contributed by atoms with Crippen LogP contribution in [0.5, 0.6) is 0 Å². The minimum Gasteiger partial charge on any atom is -0.388 e. The highest BCUT2D eigenvalue weighted by molar-refractivity contribution is 7.99. The number of hydrogen-bond acceptors (Lipinski definition) is 3. The number of thioether (sulfide) groups is 1. The first-order valence-electron chi connectivity index (χ1n) is 7.47. The van der Waals surface area contributed by atoms with Crippen molar-refractivity contribution in [2.75, 3.05) is 5.75 Å². The number of fused-ring (bicyclic) bond motifs is 1. The third kappa shape index (κ3) is 3.15. The molecule has 106 valence electrons. The molecule has 3 rings (SSSR count). The van der Waals surface area contributed by atoms with Gasteiger partial charge in [-0.05, 0) is 29.9 Å². The zero-order valence-electron chi connectivity index (χ0n) is 11.7. The maximum absolute atomic E-state index is 10.5. The standard InChI is InChI=1S/C17H21NOS/c19-17(12-20-14-6-2-1-3-7-14)15-8-4-5-13-9-10-18-11-16(13)15/h4-5,8-11,14,17,19H,1-3,6-7,12H2. The van der Waals surface area contributed by atoms with Crippen LogP contribution in [0.4, 0.5) is 0 Å². The smallest absolute Gasteiger partial charge is 0.0887 e. The van der Waals surface area contributed by atoms with E-state index < -0.39 is 6.10 Å². The second kappa shape index (κ2) is 6.59. The normalized spacial score (nSPS) is 18.2. The molecule has 0 bridgehead atoms. The number of aliphatic hydroxyl groups is 1. The molecule has 3 heteroatoms. The van der Waals surface area contributed by atoms with E-state index >= 15 is 0 Å². The molecule has 1 fully saturated rings. The summed E-state index contributed by atoms with van der Waals surface area (Å²) in [6.07, 6.45) is 9.99. The molecule has 0 saturated heterocycles. The Hall–Kier alpha value is -1.06. The van der Waals surface area contributed by atoms with Crippen LogP contribution in [-0.2, 0) is 0 Å². The van der Waals surface area contributed by atoms with E-state index in [-0.39, 0.29) is 0 Å². The summed E-state index contributed by atoms with van der Waals surface area (Å²) in [5, 5.41) is 13.5. The van der Waals surface area contributed by atoms with E-state index in [2.05, 4.69) is 11.1 Å². The summed E-state index contributed by atoms with van der Waals surface area (Å²) in [5.41, 5.74) is 1.01. The van der Waals surface area contributed by atoms with Crippen molar-refractivity contribution < 1.29 is 5.11 Å². The Morgan fingerprint density at radius 1 is 1.20 bits per heavy atom. The molecule has 1 aromatic carbocycles. The molecule has 1 saturated carbocycles. The van der Waals surface area contributed by atoms with Crippen LogP contribution in [0.3, 0.4) is 0 Å². The first-order valence-corrected chi connectivity index (χ1v) is 8.52. The number of nitrogens with zero attached hydrogens (tertiary/aromatic N) is 1. The van der Waals surface area contributed by atoms with Gasteiger partial charge in [0.05, 0.1) is 6.10 Å². The number of hydrogen-bond donors (Lipinski definition) is 1. The molecule has 1 heterocycles. The van der Waals surface area contributed by atoms with Crippen LogP contribution in [0.25, 0.3) is 10.8 Å². The maximum atomic E-state index is 10.5. The van der Waals surface area contributed by atoms with Crippen LogP contribution in [0, 0.1) is 0 Å². The Kier molecular flexibility index (Phi) is 4.58. The molecule has 2 nitrogen and oxygen atoms in total. The van der Waals surface area contributed by atoms with Gasteiger partial charge in [-0.2, -0.15) is 11.8 Å². The number of aromatic nitrogens is 1. The van der Waals surface area contributed by atoms with Gasteiger partial charge in [-0.15, -0.1) is 0 Å². The summed E-state index contributed by atoms with van der Waals surface area (Å²) in [6.45, 7) is 0. The highest BCUT2D eigenvalue weighted by atomic mass is 32.2. The van der Waals surface area contributed by atoms with Crippen molar-refractivity contribution in [1.29, 1.82) is 0 Å². The van der Waals surface area contributed by atoms with Gasteiger partial charge in [0.1, 0.15) is 0 Å². The lowest BCUT2D eigenvalue weighted by atomic mass is 10.0. The Balaban J connectivity index is 1.70. The number of rotatable bonds is 4. The monoisotopic (exact) mass is 287 g/mol. The Labute approximate surface area is 124 Å². The van der Waals surface area contributed by atoms with Crippen LogP contribution in [0.1, 0.15) is 43.8 Å². The SMILES string of the molecule is OC(CSC1CCCCC1)c1cccc2ccncc12. The van der Waals surface area contributed by atoms with E-state index in [0.29, 0.717) is 0 Å². The zero-order chi connectivity index (χ0) is 13.8. The molecule has 1 aromatic heterocycles. The third-order valence-electron chi connectivity index (χ3n) is 4.12. The van der Waals surface area contributed by atoms with Gasteiger partial charge in [-0.3, -0.25) is 4.98 Å². The van der Waals surface area contributed by atoms with E-state index in [9.17, 15) is 5.11 Å².